The summed E-state index contributed by atoms with van der Waals surface area (Å²) in [7, 11) is -3.82. The molecule has 0 atom stereocenters. The molecule has 4 aromatic rings. The van der Waals surface area contributed by atoms with Crippen molar-refractivity contribution in [1.82, 2.24) is 20.2 Å². The van der Waals surface area contributed by atoms with Crippen molar-refractivity contribution in [3.63, 3.8) is 0 Å². The van der Waals surface area contributed by atoms with Crippen LogP contribution in [0.25, 0.3) is 22.6 Å². The molecular formula is C17H11ClN4O4S. The summed E-state index contributed by atoms with van der Waals surface area (Å²) in [6.07, 6.45) is 1.17. The number of hydrogen-bond donors (Lipinski definition) is 3. The number of sulfone groups is 1. The molecule has 0 aliphatic heterocycles. The van der Waals surface area contributed by atoms with Gasteiger partial charge in [-0.25, -0.2) is 18.2 Å². The summed E-state index contributed by atoms with van der Waals surface area (Å²) in [6, 6.07) is 10.7. The lowest BCUT2D eigenvalue weighted by molar-refractivity contribution is 0.0697. The smallest absolute Gasteiger partial charge is 0.339 e. The van der Waals surface area contributed by atoms with Gasteiger partial charge in [0.25, 0.3) is 0 Å². The summed E-state index contributed by atoms with van der Waals surface area (Å²) in [6.45, 7) is 0. The number of halogens is 1. The predicted octanol–water partition coefficient (Wildman–Crippen LogP) is 3.14. The minimum atomic E-state index is -3.82. The van der Waals surface area contributed by atoms with Crippen LogP contribution in [0.5, 0.6) is 0 Å². The van der Waals surface area contributed by atoms with E-state index in [4.69, 9.17) is 11.6 Å². The minimum Gasteiger partial charge on any atom is -0.478 e. The molecule has 8 nitrogen and oxygen atoms in total. The summed E-state index contributed by atoms with van der Waals surface area (Å²) in [5, 5.41) is 15.5. The third-order valence-corrected chi connectivity index (χ3v) is 6.22. The quantitative estimate of drug-likeness (QED) is 0.481. The maximum Gasteiger partial charge on any atom is 0.339 e. The first kappa shape index (κ1) is 17.3. The summed E-state index contributed by atoms with van der Waals surface area (Å²) in [4.78, 5) is 18.5. The Balaban J connectivity index is 1.88. The average Bonchev–Trinajstić information content (AvgIpc) is 3.28. The molecule has 2 aromatic carbocycles. The van der Waals surface area contributed by atoms with E-state index >= 15 is 0 Å². The Morgan fingerprint density at radius 3 is 2.59 bits per heavy atom. The molecule has 4 rings (SSSR count). The molecule has 0 amide bonds. The largest absolute Gasteiger partial charge is 0.478 e. The number of fused-ring (bicyclic) bond motifs is 1. The first-order chi connectivity index (χ1) is 12.9. The Bertz CT molecular complexity index is 1280. The van der Waals surface area contributed by atoms with Gasteiger partial charge in [0.15, 0.2) is 5.82 Å². The number of nitrogens with one attached hydrogen (secondary N) is 2. The standard InChI is InChI=1S/C17H11ClN4O4S/c18-11-6-12-13(7-14(11)27(25,26)9-4-2-1-3-5-9)21-16(20-12)15-10(17(23)24)8-19-22-15/h1-8H,(H,19,22)(H,20,21)(H,23,24). The first-order valence-corrected chi connectivity index (χ1v) is 9.50. The molecule has 0 aliphatic rings. The lowest BCUT2D eigenvalue weighted by atomic mass is 10.2. The lowest BCUT2D eigenvalue weighted by Gasteiger charge is -2.06. The van der Waals surface area contributed by atoms with E-state index in [0.29, 0.717) is 11.0 Å². The molecule has 136 valence electrons. The van der Waals surface area contributed by atoms with Crippen LogP contribution in [-0.4, -0.2) is 39.7 Å². The summed E-state index contributed by atoms with van der Waals surface area (Å²) >= 11 is 6.21. The Kier molecular flexibility index (Phi) is 3.97. The maximum absolute atomic E-state index is 12.9. The van der Waals surface area contributed by atoms with E-state index in [0.717, 1.165) is 0 Å². The molecule has 0 saturated carbocycles. The number of hydrogen-bond acceptors (Lipinski definition) is 5. The monoisotopic (exact) mass is 402 g/mol. The minimum absolute atomic E-state index is 0.0208. The fourth-order valence-electron chi connectivity index (χ4n) is 2.69. The second-order valence-electron chi connectivity index (χ2n) is 5.67. The molecule has 0 radical (unpaired) electrons. The highest BCUT2D eigenvalue weighted by atomic mass is 35.5. The molecule has 0 fully saturated rings. The number of rotatable bonds is 4. The van der Waals surface area contributed by atoms with Crippen LogP contribution < -0.4 is 0 Å². The van der Waals surface area contributed by atoms with Gasteiger partial charge in [-0.3, -0.25) is 5.10 Å². The van der Waals surface area contributed by atoms with Gasteiger partial charge in [0.2, 0.25) is 9.84 Å². The molecular weight excluding hydrogens is 392 g/mol. The van der Waals surface area contributed by atoms with Gasteiger partial charge in [-0.05, 0) is 24.3 Å². The van der Waals surface area contributed by atoms with E-state index < -0.39 is 15.8 Å². The van der Waals surface area contributed by atoms with Crippen molar-refractivity contribution in [3.8, 4) is 11.5 Å². The number of carboxylic acids is 1. The van der Waals surface area contributed by atoms with Crippen molar-refractivity contribution in [2.45, 2.75) is 9.79 Å². The summed E-state index contributed by atoms with van der Waals surface area (Å²) in [5.74, 6) is -0.949. The van der Waals surface area contributed by atoms with Gasteiger partial charge in [-0.1, -0.05) is 29.8 Å². The highest BCUT2D eigenvalue weighted by Crippen LogP contribution is 2.32. The number of aromatic amines is 2. The molecule has 2 heterocycles. The lowest BCUT2D eigenvalue weighted by Crippen LogP contribution is -2.02. The number of carbonyl (C=O) groups is 1. The number of H-pyrrole nitrogens is 2. The topological polar surface area (TPSA) is 129 Å². The Morgan fingerprint density at radius 1 is 1.15 bits per heavy atom. The summed E-state index contributed by atoms with van der Waals surface area (Å²) in [5.41, 5.74) is 0.919. The van der Waals surface area contributed by atoms with Crippen molar-refractivity contribution >= 4 is 38.4 Å². The van der Waals surface area contributed by atoms with Crippen LogP contribution >= 0.6 is 11.6 Å². The SMILES string of the molecule is O=C(O)c1cn[nH]c1-c1nc2cc(Cl)c(S(=O)(=O)c3ccccc3)cc2[nH]1. The van der Waals surface area contributed by atoms with Crippen LogP contribution in [0, 0.1) is 0 Å². The fraction of sp³-hybridized carbons (Fsp3) is 0. The normalized spacial score (nSPS) is 11.7. The summed E-state index contributed by atoms with van der Waals surface area (Å²) < 4.78 is 25.7. The van der Waals surface area contributed by atoms with Crippen molar-refractivity contribution in [2.75, 3.05) is 0 Å². The molecule has 2 aromatic heterocycles. The zero-order valence-electron chi connectivity index (χ0n) is 13.5. The number of aromatic nitrogens is 4. The van der Waals surface area contributed by atoms with E-state index in [-0.39, 0.29) is 31.9 Å². The van der Waals surface area contributed by atoms with Crippen LogP contribution in [0.2, 0.25) is 5.02 Å². The zero-order valence-corrected chi connectivity index (χ0v) is 15.0. The third-order valence-electron chi connectivity index (χ3n) is 3.99. The zero-order chi connectivity index (χ0) is 19.2. The Labute approximate surface area is 157 Å². The molecule has 10 heteroatoms. The predicted molar refractivity (Wildman–Crippen MR) is 97.5 cm³/mol. The van der Waals surface area contributed by atoms with Gasteiger partial charge in [-0.15, -0.1) is 0 Å². The molecule has 27 heavy (non-hydrogen) atoms. The van der Waals surface area contributed by atoms with Gasteiger partial charge in [0.05, 0.1) is 32.0 Å². The highest BCUT2D eigenvalue weighted by molar-refractivity contribution is 7.91. The van der Waals surface area contributed by atoms with Crippen LogP contribution in [0.4, 0.5) is 0 Å². The van der Waals surface area contributed by atoms with E-state index in [1.54, 1.807) is 18.2 Å². The molecule has 0 spiro atoms. The van der Waals surface area contributed by atoms with Crippen molar-refractivity contribution in [2.24, 2.45) is 0 Å². The molecule has 0 saturated heterocycles. The van der Waals surface area contributed by atoms with E-state index in [1.807, 2.05) is 0 Å². The van der Waals surface area contributed by atoms with Crippen LogP contribution in [0.15, 0.2) is 58.5 Å². The van der Waals surface area contributed by atoms with Crippen molar-refractivity contribution in [3.05, 3.63) is 59.2 Å². The van der Waals surface area contributed by atoms with Crippen LogP contribution in [0.1, 0.15) is 10.4 Å². The highest BCUT2D eigenvalue weighted by Gasteiger charge is 2.23. The number of carboxylic acid groups (broad SMARTS) is 1. The van der Waals surface area contributed by atoms with Gasteiger partial charge >= 0.3 is 5.97 Å². The fourth-order valence-corrected chi connectivity index (χ4v) is 4.51. The molecule has 3 N–H and O–H groups in total. The second kappa shape index (κ2) is 6.22. The second-order valence-corrected chi connectivity index (χ2v) is 7.99. The maximum atomic E-state index is 12.9. The van der Waals surface area contributed by atoms with Gasteiger partial charge in [0, 0.05) is 0 Å². The molecule has 0 bridgehead atoms. The number of benzene rings is 2. The molecule has 0 aliphatic carbocycles. The Morgan fingerprint density at radius 2 is 1.89 bits per heavy atom. The van der Waals surface area contributed by atoms with Crippen LogP contribution in [-0.2, 0) is 9.84 Å². The van der Waals surface area contributed by atoms with Gasteiger partial charge in [-0.2, -0.15) is 5.10 Å². The molecule has 0 unspecified atom stereocenters. The van der Waals surface area contributed by atoms with Crippen molar-refractivity contribution in [1.29, 1.82) is 0 Å². The van der Waals surface area contributed by atoms with E-state index in [1.165, 1.54) is 30.5 Å². The average molecular weight is 403 g/mol. The van der Waals surface area contributed by atoms with E-state index in [9.17, 15) is 18.3 Å². The number of imidazole rings is 1. The number of aromatic carboxylic acids is 1. The third kappa shape index (κ3) is 2.86. The number of nitrogens with zero attached hydrogens (tertiary/aromatic N) is 2. The van der Waals surface area contributed by atoms with Gasteiger partial charge < -0.3 is 10.1 Å². The first-order valence-electron chi connectivity index (χ1n) is 7.64. The van der Waals surface area contributed by atoms with Crippen molar-refractivity contribution < 1.29 is 18.3 Å². The van der Waals surface area contributed by atoms with E-state index in [2.05, 4.69) is 20.2 Å². The van der Waals surface area contributed by atoms with Gasteiger partial charge in [0.1, 0.15) is 11.3 Å². The van der Waals surface area contributed by atoms with Crippen LogP contribution in [0.3, 0.4) is 0 Å². The Hall–Kier alpha value is -3.17.